The van der Waals surface area contributed by atoms with Crippen molar-refractivity contribution >= 4 is 33.4 Å². The third kappa shape index (κ3) is 2.91. The highest BCUT2D eigenvalue weighted by atomic mass is 79.9. The molecule has 2 amide bonds. The van der Waals surface area contributed by atoms with Crippen LogP contribution in [0.25, 0.3) is 0 Å². The van der Waals surface area contributed by atoms with Crippen LogP contribution in [0.1, 0.15) is 20.8 Å². The molecule has 0 radical (unpaired) electrons. The predicted molar refractivity (Wildman–Crippen MR) is 80.9 cm³/mol. The fourth-order valence-electron chi connectivity index (χ4n) is 1.86. The number of nitrogens with zero attached hydrogens (tertiary/aromatic N) is 1. The largest absolute Gasteiger partial charge is 0.355 e. The van der Waals surface area contributed by atoms with E-state index in [9.17, 15) is 9.59 Å². The van der Waals surface area contributed by atoms with Crippen LogP contribution in [0.5, 0.6) is 0 Å². The summed E-state index contributed by atoms with van der Waals surface area (Å²) in [4.78, 5) is 24.0. The zero-order chi connectivity index (χ0) is 14.7. The molecule has 0 saturated heterocycles. The monoisotopic (exact) mass is 335 g/mol. The third-order valence-corrected chi connectivity index (χ3v) is 3.28. The highest BCUT2D eigenvalue weighted by Gasteiger charge is 2.15. The number of benzene rings is 1. The van der Waals surface area contributed by atoms with Gasteiger partial charge in [-0.25, -0.2) is 0 Å². The van der Waals surface area contributed by atoms with E-state index in [0.717, 1.165) is 4.47 Å². The van der Waals surface area contributed by atoms with E-state index in [-0.39, 0.29) is 11.8 Å². The summed E-state index contributed by atoms with van der Waals surface area (Å²) < 4.78 is 2.53. The summed E-state index contributed by atoms with van der Waals surface area (Å²) in [5, 5.41) is 5.30. The lowest BCUT2D eigenvalue weighted by molar-refractivity contribution is 0.0964. The number of aromatic nitrogens is 1. The summed E-state index contributed by atoms with van der Waals surface area (Å²) in [5.74, 6) is -0.511. The van der Waals surface area contributed by atoms with Crippen molar-refractivity contribution in [3.63, 3.8) is 0 Å². The quantitative estimate of drug-likeness (QED) is 0.904. The molecule has 6 heteroatoms. The molecule has 1 aromatic carbocycles. The Morgan fingerprint density at radius 1 is 1.20 bits per heavy atom. The summed E-state index contributed by atoms with van der Waals surface area (Å²) in [5.41, 5.74) is 1.41. The number of rotatable bonds is 3. The minimum atomic E-state index is -0.269. The van der Waals surface area contributed by atoms with Gasteiger partial charge >= 0.3 is 0 Å². The first-order valence-corrected chi connectivity index (χ1v) is 6.76. The number of carbonyl (C=O) groups is 2. The second kappa shape index (κ2) is 5.92. The van der Waals surface area contributed by atoms with Crippen LogP contribution in [0.2, 0.25) is 0 Å². The number of anilines is 1. The Morgan fingerprint density at radius 2 is 1.90 bits per heavy atom. The Hall–Kier alpha value is -2.08. The number of hydrogen-bond acceptors (Lipinski definition) is 2. The van der Waals surface area contributed by atoms with Crippen molar-refractivity contribution in [2.75, 3.05) is 12.4 Å². The van der Waals surface area contributed by atoms with Gasteiger partial charge in [0.25, 0.3) is 11.8 Å². The van der Waals surface area contributed by atoms with Crippen LogP contribution in [0.15, 0.2) is 41.0 Å². The van der Waals surface area contributed by atoms with Crippen molar-refractivity contribution in [1.29, 1.82) is 0 Å². The first-order chi connectivity index (χ1) is 9.52. The number of aryl methyl sites for hydroxylation is 1. The summed E-state index contributed by atoms with van der Waals surface area (Å²) in [7, 11) is 3.33. The lowest BCUT2D eigenvalue weighted by Gasteiger charge is -2.10. The third-order valence-electron chi connectivity index (χ3n) is 2.85. The number of hydrogen-bond donors (Lipinski definition) is 2. The average molecular weight is 336 g/mol. The molecule has 0 spiro atoms. The summed E-state index contributed by atoms with van der Waals surface area (Å²) in [6.45, 7) is 0. The minimum absolute atomic E-state index is 0.242. The molecule has 0 fully saturated rings. The standard InChI is InChI=1S/C14H14BrN3O2/c1-16-13(19)10-5-3-4-6-11(10)17-14(20)12-7-9(15)8-18(12)2/h3-8H,1-2H3,(H,16,19)(H,17,20). The van der Waals surface area contributed by atoms with Gasteiger partial charge in [-0.05, 0) is 34.1 Å². The number of halogens is 1. The van der Waals surface area contributed by atoms with Gasteiger partial charge in [-0.1, -0.05) is 12.1 Å². The predicted octanol–water partition coefficient (Wildman–Crippen LogP) is 2.40. The number of para-hydroxylation sites is 1. The summed E-state index contributed by atoms with van der Waals surface area (Å²) >= 11 is 3.32. The van der Waals surface area contributed by atoms with Crippen LogP contribution in [0.4, 0.5) is 5.69 Å². The highest BCUT2D eigenvalue weighted by Crippen LogP contribution is 2.18. The van der Waals surface area contributed by atoms with E-state index >= 15 is 0 Å². The maximum atomic E-state index is 12.2. The number of nitrogens with one attached hydrogen (secondary N) is 2. The number of amides is 2. The van der Waals surface area contributed by atoms with Gasteiger partial charge in [0, 0.05) is 24.8 Å². The van der Waals surface area contributed by atoms with Crippen molar-refractivity contribution in [1.82, 2.24) is 9.88 Å². The van der Waals surface area contributed by atoms with Gasteiger partial charge in [-0.3, -0.25) is 9.59 Å². The normalized spacial score (nSPS) is 10.2. The van der Waals surface area contributed by atoms with Gasteiger partial charge in [0.15, 0.2) is 0 Å². The van der Waals surface area contributed by atoms with Gasteiger partial charge in [-0.2, -0.15) is 0 Å². The Bertz CT molecular complexity index is 664. The second-order valence-electron chi connectivity index (χ2n) is 4.23. The average Bonchev–Trinajstić information content (AvgIpc) is 2.77. The molecule has 0 unspecified atom stereocenters. The highest BCUT2D eigenvalue weighted by molar-refractivity contribution is 9.10. The molecule has 0 saturated carbocycles. The molecule has 104 valence electrons. The van der Waals surface area contributed by atoms with E-state index in [1.165, 1.54) is 0 Å². The molecule has 2 rings (SSSR count). The number of carbonyl (C=O) groups excluding carboxylic acids is 2. The first-order valence-electron chi connectivity index (χ1n) is 5.97. The molecule has 2 N–H and O–H groups in total. The van der Waals surface area contributed by atoms with E-state index in [2.05, 4.69) is 26.6 Å². The molecule has 0 bridgehead atoms. The smallest absolute Gasteiger partial charge is 0.272 e. The molecular formula is C14H14BrN3O2. The molecule has 0 aliphatic carbocycles. The van der Waals surface area contributed by atoms with Gasteiger partial charge in [0.2, 0.25) is 0 Å². The van der Waals surface area contributed by atoms with E-state index in [0.29, 0.717) is 16.9 Å². The SMILES string of the molecule is CNC(=O)c1ccccc1NC(=O)c1cc(Br)cn1C. The first kappa shape index (κ1) is 14.3. The Labute approximate surface area is 125 Å². The molecule has 0 aliphatic heterocycles. The maximum Gasteiger partial charge on any atom is 0.272 e. The summed E-state index contributed by atoms with van der Waals surface area (Å²) in [6, 6.07) is 8.59. The van der Waals surface area contributed by atoms with Crippen LogP contribution >= 0.6 is 15.9 Å². The van der Waals surface area contributed by atoms with Crippen LogP contribution in [0, 0.1) is 0 Å². The molecule has 5 nitrogen and oxygen atoms in total. The van der Waals surface area contributed by atoms with Gasteiger partial charge < -0.3 is 15.2 Å². The van der Waals surface area contributed by atoms with E-state index < -0.39 is 0 Å². The Balaban J connectivity index is 2.29. The van der Waals surface area contributed by atoms with Crippen LogP contribution in [-0.4, -0.2) is 23.4 Å². The van der Waals surface area contributed by atoms with Gasteiger partial charge in [0.05, 0.1) is 11.3 Å². The van der Waals surface area contributed by atoms with E-state index in [4.69, 9.17) is 0 Å². The molecule has 1 aromatic heterocycles. The van der Waals surface area contributed by atoms with Gasteiger partial charge in [0.1, 0.15) is 5.69 Å². The minimum Gasteiger partial charge on any atom is -0.355 e. The Kier molecular flexibility index (Phi) is 4.24. The lowest BCUT2D eigenvalue weighted by Crippen LogP contribution is -2.22. The molecule has 2 aromatic rings. The molecule has 0 atom stereocenters. The van der Waals surface area contributed by atoms with E-state index in [1.54, 1.807) is 55.2 Å². The topological polar surface area (TPSA) is 63.1 Å². The molecule has 20 heavy (non-hydrogen) atoms. The van der Waals surface area contributed by atoms with Crippen molar-refractivity contribution in [2.45, 2.75) is 0 Å². The summed E-state index contributed by atoms with van der Waals surface area (Å²) in [6.07, 6.45) is 1.79. The Morgan fingerprint density at radius 3 is 2.50 bits per heavy atom. The molecule has 0 aliphatic rings. The maximum absolute atomic E-state index is 12.2. The second-order valence-corrected chi connectivity index (χ2v) is 5.15. The van der Waals surface area contributed by atoms with Crippen LogP contribution in [-0.2, 0) is 7.05 Å². The molecular weight excluding hydrogens is 322 g/mol. The lowest BCUT2D eigenvalue weighted by atomic mass is 10.1. The van der Waals surface area contributed by atoms with Crippen molar-refractivity contribution in [2.24, 2.45) is 7.05 Å². The van der Waals surface area contributed by atoms with Crippen molar-refractivity contribution in [3.05, 3.63) is 52.3 Å². The van der Waals surface area contributed by atoms with E-state index in [1.807, 2.05) is 0 Å². The van der Waals surface area contributed by atoms with Crippen LogP contribution in [0.3, 0.4) is 0 Å². The fourth-order valence-corrected chi connectivity index (χ4v) is 2.39. The van der Waals surface area contributed by atoms with Crippen LogP contribution < -0.4 is 10.6 Å². The fraction of sp³-hybridized carbons (Fsp3) is 0.143. The molecule has 1 heterocycles. The zero-order valence-electron chi connectivity index (χ0n) is 11.1. The van der Waals surface area contributed by atoms with Crippen molar-refractivity contribution in [3.8, 4) is 0 Å². The van der Waals surface area contributed by atoms with Gasteiger partial charge in [-0.15, -0.1) is 0 Å². The zero-order valence-corrected chi connectivity index (χ0v) is 12.7. The van der Waals surface area contributed by atoms with Crippen molar-refractivity contribution < 1.29 is 9.59 Å².